The monoisotopic (exact) mass is 201 g/mol. The van der Waals surface area contributed by atoms with Crippen LogP contribution >= 0.6 is 0 Å². The molecule has 0 aromatic carbocycles. The molecular weight excluding hydrogens is 178 g/mol. The standard InChI is InChI=1S/C11H23NO2/c1-7(2)8(6-13)12-9-5-10(14)11(9,3)4/h7-10,12-14H,5-6H2,1-4H3. The lowest BCUT2D eigenvalue weighted by Crippen LogP contribution is -2.63. The first-order valence-corrected chi connectivity index (χ1v) is 5.44. The first kappa shape index (κ1) is 12.0. The van der Waals surface area contributed by atoms with Gasteiger partial charge in [-0.25, -0.2) is 0 Å². The molecule has 3 nitrogen and oxygen atoms in total. The Bertz CT molecular complexity index is 192. The molecule has 14 heavy (non-hydrogen) atoms. The Morgan fingerprint density at radius 1 is 1.43 bits per heavy atom. The lowest BCUT2D eigenvalue weighted by atomic mass is 9.64. The molecule has 0 aromatic heterocycles. The van der Waals surface area contributed by atoms with Crippen LogP contribution in [0.25, 0.3) is 0 Å². The van der Waals surface area contributed by atoms with Crippen molar-refractivity contribution in [2.75, 3.05) is 6.61 Å². The van der Waals surface area contributed by atoms with Gasteiger partial charge in [-0.3, -0.25) is 0 Å². The van der Waals surface area contributed by atoms with Crippen LogP contribution in [0, 0.1) is 11.3 Å². The van der Waals surface area contributed by atoms with Crippen molar-refractivity contribution >= 4 is 0 Å². The van der Waals surface area contributed by atoms with E-state index in [4.69, 9.17) is 0 Å². The second kappa shape index (κ2) is 4.17. The first-order chi connectivity index (χ1) is 6.39. The van der Waals surface area contributed by atoms with Gasteiger partial charge in [0, 0.05) is 17.5 Å². The molecule has 3 atom stereocenters. The summed E-state index contributed by atoms with van der Waals surface area (Å²) in [5.74, 6) is 0.425. The lowest BCUT2D eigenvalue weighted by molar-refractivity contribution is -0.0793. The van der Waals surface area contributed by atoms with Crippen molar-refractivity contribution in [2.24, 2.45) is 11.3 Å². The van der Waals surface area contributed by atoms with Crippen LogP contribution in [0.3, 0.4) is 0 Å². The highest BCUT2D eigenvalue weighted by molar-refractivity contribution is 5.02. The maximum absolute atomic E-state index is 9.57. The molecule has 3 heteroatoms. The fourth-order valence-corrected chi connectivity index (χ4v) is 1.90. The molecule has 0 aromatic rings. The molecule has 0 bridgehead atoms. The zero-order valence-corrected chi connectivity index (χ0v) is 9.62. The predicted molar refractivity (Wildman–Crippen MR) is 57.0 cm³/mol. The van der Waals surface area contributed by atoms with E-state index in [2.05, 4.69) is 33.0 Å². The van der Waals surface area contributed by atoms with Crippen LogP contribution in [-0.2, 0) is 0 Å². The van der Waals surface area contributed by atoms with Crippen molar-refractivity contribution < 1.29 is 10.2 Å². The molecule has 0 heterocycles. The molecule has 0 amide bonds. The van der Waals surface area contributed by atoms with Crippen LogP contribution in [0.1, 0.15) is 34.1 Å². The van der Waals surface area contributed by atoms with Crippen molar-refractivity contribution in [3.05, 3.63) is 0 Å². The Kier molecular flexibility index (Phi) is 3.56. The summed E-state index contributed by atoms with van der Waals surface area (Å²) in [4.78, 5) is 0. The van der Waals surface area contributed by atoms with E-state index in [0.29, 0.717) is 12.0 Å². The Morgan fingerprint density at radius 2 is 2.00 bits per heavy atom. The van der Waals surface area contributed by atoms with Crippen molar-refractivity contribution in [1.29, 1.82) is 0 Å². The van der Waals surface area contributed by atoms with E-state index in [1.807, 2.05) is 0 Å². The summed E-state index contributed by atoms with van der Waals surface area (Å²) in [6.45, 7) is 8.48. The number of hydrogen-bond acceptors (Lipinski definition) is 3. The van der Waals surface area contributed by atoms with E-state index in [0.717, 1.165) is 6.42 Å². The van der Waals surface area contributed by atoms with Gasteiger partial charge in [-0.05, 0) is 12.3 Å². The molecule has 3 N–H and O–H groups in total. The van der Waals surface area contributed by atoms with E-state index in [-0.39, 0.29) is 24.2 Å². The smallest absolute Gasteiger partial charge is 0.0621 e. The fourth-order valence-electron chi connectivity index (χ4n) is 1.90. The summed E-state index contributed by atoms with van der Waals surface area (Å²) in [5.41, 5.74) is -0.0533. The Labute approximate surface area is 86.5 Å². The van der Waals surface area contributed by atoms with E-state index < -0.39 is 0 Å². The first-order valence-electron chi connectivity index (χ1n) is 5.44. The minimum absolute atomic E-state index is 0.0533. The topological polar surface area (TPSA) is 52.5 Å². The highest BCUT2D eigenvalue weighted by atomic mass is 16.3. The molecule has 1 aliphatic rings. The fraction of sp³-hybridized carbons (Fsp3) is 1.00. The maximum atomic E-state index is 9.57. The summed E-state index contributed by atoms with van der Waals surface area (Å²) in [5, 5.41) is 22.2. The van der Waals surface area contributed by atoms with Crippen LogP contribution < -0.4 is 5.32 Å². The molecule has 0 aliphatic heterocycles. The molecule has 0 saturated heterocycles. The molecule has 1 fully saturated rings. The zero-order valence-electron chi connectivity index (χ0n) is 9.62. The van der Waals surface area contributed by atoms with Crippen molar-refractivity contribution in [3.63, 3.8) is 0 Å². The molecule has 1 saturated carbocycles. The van der Waals surface area contributed by atoms with E-state index in [1.54, 1.807) is 0 Å². The van der Waals surface area contributed by atoms with Crippen LogP contribution in [-0.4, -0.2) is 35.0 Å². The number of nitrogens with one attached hydrogen (secondary N) is 1. The number of rotatable bonds is 4. The van der Waals surface area contributed by atoms with Crippen molar-refractivity contribution in [2.45, 2.75) is 52.3 Å². The average molecular weight is 201 g/mol. The molecule has 1 aliphatic carbocycles. The molecule has 0 radical (unpaired) electrons. The normalized spacial score (nSPS) is 32.8. The van der Waals surface area contributed by atoms with Gasteiger partial charge in [0.2, 0.25) is 0 Å². The molecular formula is C11H23NO2. The third-order valence-electron chi connectivity index (χ3n) is 3.63. The van der Waals surface area contributed by atoms with Gasteiger partial charge in [-0.1, -0.05) is 27.7 Å². The third-order valence-corrected chi connectivity index (χ3v) is 3.63. The Morgan fingerprint density at radius 3 is 2.29 bits per heavy atom. The highest BCUT2D eigenvalue weighted by Crippen LogP contribution is 2.40. The quantitative estimate of drug-likeness (QED) is 0.629. The van der Waals surface area contributed by atoms with Gasteiger partial charge in [0.05, 0.1) is 12.7 Å². The van der Waals surface area contributed by atoms with Crippen LogP contribution in [0.15, 0.2) is 0 Å². The van der Waals surface area contributed by atoms with E-state index in [1.165, 1.54) is 0 Å². The number of aliphatic hydroxyl groups excluding tert-OH is 2. The molecule has 3 unspecified atom stereocenters. The maximum Gasteiger partial charge on any atom is 0.0621 e. The summed E-state index contributed by atoms with van der Waals surface area (Å²) in [6, 6.07) is 0.476. The second-order valence-corrected chi connectivity index (χ2v) is 5.33. The minimum atomic E-state index is -0.202. The van der Waals surface area contributed by atoms with Gasteiger partial charge in [0.1, 0.15) is 0 Å². The van der Waals surface area contributed by atoms with Gasteiger partial charge < -0.3 is 15.5 Å². The summed E-state index contributed by atoms with van der Waals surface area (Å²) in [6.07, 6.45) is 0.599. The van der Waals surface area contributed by atoms with Crippen molar-refractivity contribution in [3.8, 4) is 0 Å². The summed E-state index contributed by atoms with van der Waals surface area (Å²) < 4.78 is 0. The third kappa shape index (κ3) is 2.10. The number of hydrogen-bond donors (Lipinski definition) is 3. The van der Waals surface area contributed by atoms with Gasteiger partial charge in [0.25, 0.3) is 0 Å². The van der Waals surface area contributed by atoms with Gasteiger partial charge in [-0.15, -0.1) is 0 Å². The predicted octanol–water partition coefficient (Wildman–Crippen LogP) is 0.752. The van der Waals surface area contributed by atoms with Gasteiger partial charge in [0.15, 0.2) is 0 Å². The van der Waals surface area contributed by atoms with Crippen LogP contribution in [0.5, 0.6) is 0 Å². The highest BCUT2D eigenvalue weighted by Gasteiger charge is 2.47. The van der Waals surface area contributed by atoms with Gasteiger partial charge >= 0.3 is 0 Å². The Balaban J connectivity index is 2.45. The molecule has 1 rings (SSSR count). The SMILES string of the molecule is CC(C)C(CO)NC1CC(O)C1(C)C. The number of aliphatic hydroxyl groups is 2. The molecule has 84 valence electrons. The summed E-state index contributed by atoms with van der Waals surface area (Å²) >= 11 is 0. The Hall–Kier alpha value is -0.120. The summed E-state index contributed by atoms with van der Waals surface area (Å²) in [7, 11) is 0. The lowest BCUT2D eigenvalue weighted by Gasteiger charge is -2.51. The molecule has 0 spiro atoms. The van der Waals surface area contributed by atoms with Crippen LogP contribution in [0.2, 0.25) is 0 Å². The van der Waals surface area contributed by atoms with Gasteiger partial charge in [-0.2, -0.15) is 0 Å². The van der Waals surface area contributed by atoms with E-state index in [9.17, 15) is 10.2 Å². The average Bonchev–Trinajstić information content (AvgIpc) is 2.11. The van der Waals surface area contributed by atoms with Crippen LogP contribution in [0.4, 0.5) is 0 Å². The largest absolute Gasteiger partial charge is 0.395 e. The van der Waals surface area contributed by atoms with E-state index >= 15 is 0 Å². The van der Waals surface area contributed by atoms with Crippen molar-refractivity contribution in [1.82, 2.24) is 5.32 Å². The second-order valence-electron chi connectivity index (χ2n) is 5.33. The zero-order chi connectivity index (χ0) is 10.9. The minimum Gasteiger partial charge on any atom is -0.395 e.